The third-order valence-electron chi connectivity index (χ3n) is 5.25. The first-order valence-corrected chi connectivity index (χ1v) is 12.2. The number of hydrogen-bond donors (Lipinski definition) is 3. The fraction of sp³-hybridized carbons (Fsp3) is 0.333. The Labute approximate surface area is 180 Å². The maximum Gasteiger partial charge on any atom is 0.261 e. The van der Waals surface area contributed by atoms with Crippen LogP contribution in [0.15, 0.2) is 53.7 Å². The van der Waals surface area contributed by atoms with Gasteiger partial charge in [0.1, 0.15) is 0 Å². The Morgan fingerprint density at radius 3 is 2.67 bits per heavy atom. The van der Waals surface area contributed by atoms with Crippen LogP contribution in [0.3, 0.4) is 0 Å². The second-order valence-corrected chi connectivity index (χ2v) is 10.2. The molecule has 0 aliphatic carbocycles. The highest BCUT2D eigenvalue weighted by molar-refractivity contribution is 7.89. The molecule has 3 aromatic rings. The molecule has 1 aliphatic heterocycles. The number of amides is 1. The van der Waals surface area contributed by atoms with Crippen molar-refractivity contribution in [2.24, 2.45) is 5.92 Å². The third-order valence-corrected chi connectivity index (χ3v) is 7.78. The van der Waals surface area contributed by atoms with E-state index in [1.165, 1.54) is 11.3 Å². The van der Waals surface area contributed by atoms with Gasteiger partial charge in [0, 0.05) is 25.5 Å². The summed E-state index contributed by atoms with van der Waals surface area (Å²) in [5, 5.41) is 7.15. The van der Waals surface area contributed by atoms with Crippen molar-refractivity contribution >= 4 is 37.4 Å². The Morgan fingerprint density at radius 2 is 1.93 bits per heavy atom. The lowest BCUT2D eigenvalue weighted by Gasteiger charge is -2.22. The van der Waals surface area contributed by atoms with Gasteiger partial charge in [-0.3, -0.25) is 9.78 Å². The number of carbonyl (C=O) groups is 1. The summed E-state index contributed by atoms with van der Waals surface area (Å²) in [6, 6.07) is 10.3. The van der Waals surface area contributed by atoms with E-state index in [4.69, 9.17) is 0 Å². The van der Waals surface area contributed by atoms with Crippen LogP contribution in [0.4, 0.5) is 0 Å². The molecule has 158 valence electrons. The molecule has 1 aliphatic rings. The van der Waals surface area contributed by atoms with Gasteiger partial charge in [-0.15, -0.1) is 11.3 Å². The molecule has 0 bridgehead atoms. The normalized spacial score (nSPS) is 15.3. The summed E-state index contributed by atoms with van der Waals surface area (Å²) in [4.78, 5) is 17.3. The van der Waals surface area contributed by atoms with E-state index in [0.717, 1.165) is 41.6 Å². The van der Waals surface area contributed by atoms with Crippen LogP contribution in [0.5, 0.6) is 0 Å². The largest absolute Gasteiger partial charge is 0.347 e. The summed E-state index contributed by atoms with van der Waals surface area (Å²) in [5.74, 6) is 0.219. The molecule has 0 unspecified atom stereocenters. The number of hydrogen-bond acceptors (Lipinski definition) is 6. The molecule has 4 rings (SSSR count). The number of carbonyl (C=O) groups excluding carboxylic acids is 1. The fourth-order valence-electron chi connectivity index (χ4n) is 3.45. The second kappa shape index (κ2) is 9.22. The number of piperidine rings is 1. The number of sulfonamides is 1. The number of pyridine rings is 1. The van der Waals surface area contributed by atoms with E-state index in [1.54, 1.807) is 36.7 Å². The molecule has 3 N–H and O–H groups in total. The highest BCUT2D eigenvalue weighted by Crippen LogP contribution is 2.24. The van der Waals surface area contributed by atoms with Crippen LogP contribution in [0.25, 0.3) is 10.1 Å². The third kappa shape index (κ3) is 5.04. The van der Waals surface area contributed by atoms with Gasteiger partial charge >= 0.3 is 0 Å². The van der Waals surface area contributed by atoms with E-state index in [1.807, 2.05) is 12.1 Å². The Kier molecular flexibility index (Phi) is 6.43. The van der Waals surface area contributed by atoms with Crippen molar-refractivity contribution in [2.45, 2.75) is 24.3 Å². The van der Waals surface area contributed by atoms with Gasteiger partial charge in [0.25, 0.3) is 5.91 Å². The maximum atomic E-state index is 12.5. The molecular weight excluding hydrogens is 420 g/mol. The quantitative estimate of drug-likeness (QED) is 0.520. The van der Waals surface area contributed by atoms with E-state index >= 15 is 0 Å². The molecule has 1 saturated heterocycles. The van der Waals surface area contributed by atoms with E-state index in [-0.39, 0.29) is 10.8 Å². The minimum atomic E-state index is -3.53. The average Bonchev–Trinajstić information content (AvgIpc) is 3.22. The Morgan fingerprint density at radius 1 is 1.17 bits per heavy atom. The van der Waals surface area contributed by atoms with Gasteiger partial charge in [0.05, 0.1) is 14.5 Å². The first-order valence-electron chi connectivity index (χ1n) is 9.92. The zero-order valence-electron chi connectivity index (χ0n) is 16.4. The van der Waals surface area contributed by atoms with Crippen molar-refractivity contribution in [1.82, 2.24) is 20.3 Å². The van der Waals surface area contributed by atoms with Crippen LogP contribution in [-0.2, 0) is 16.6 Å². The van der Waals surface area contributed by atoms with Gasteiger partial charge in [0.15, 0.2) is 0 Å². The summed E-state index contributed by atoms with van der Waals surface area (Å²) in [5.41, 5.74) is 0.837. The zero-order chi connectivity index (χ0) is 21.0. The van der Waals surface area contributed by atoms with Gasteiger partial charge in [-0.25, -0.2) is 13.1 Å². The van der Waals surface area contributed by atoms with Crippen LogP contribution in [-0.4, -0.2) is 38.9 Å². The molecule has 0 atom stereocenters. The average molecular weight is 445 g/mol. The Hall–Kier alpha value is -2.33. The van der Waals surface area contributed by atoms with E-state index in [0.29, 0.717) is 23.9 Å². The van der Waals surface area contributed by atoms with Crippen LogP contribution >= 0.6 is 11.3 Å². The minimum absolute atomic E-state index is 0.156. The summed E-state index contributed by atoms with van der Waals surface area (Å²) >= 11 is 1.40. The SMILES string of the molecule is O=C(NCc1ccc(S(=O)(=O)NCC2CCNCC2)cc1)c1cc2ccncc2s1. The lowest BCUT2D eigenvalue weighted by Crippen LogP contribution is -2.35. The van der Waals surface area contributed by atoms with Crippen molar-refractivity contribution in [3.8, 4) is 0 Å². The molecule has 30 heavy (non-hydrogen) atoms. The van der Waals surface area contributed by atoms with Crippen molar-refractivity contribution in [3.05, 3.63) is 59.2 Å². The number of benzene rings is 1. The van der Waals surface area contributed by atoms with Crippen LogP contribution < -0.4 is 15.4 Å². The Bertz CT molecular complexity index is 1090. The number of nitrogens with one attached hydrogen (secondary N) is 3. The van der Waals surface area contributed by atoms with E-state index < -0.39 is 10.0 Å². The lowest BCUT2D eigenvalue weighted by molar-refractivity contribution is 0.0955. The fourth-order valence-corrected chi connectivity index (χ4v) is 5.51. The van der Waals surface area contributed by atoms with Crippen LogP contribution in [0.2, 0.25) is 0 Å². The van der Waals surface area contributed by atoms with Gasteiger partial charge < -0.3 is 10.6 Å². The van der Waals surface area contributed by atoms with Crippen molar-refractivity contribution in [2.75, 3.05) is 19.6 Å². The molecule has 0 saturated carbocycles. The molecule has 7 nitrogen and oxygen atoms in total. The maximum absolute atomic E-state index is 12.5. The van der Waals surface area contributed by atoms with Crippen molar-refractivity contribution < 1.29 is 13.2 Å². The minimum Gasteiger partial charge on any atom is -0.347 e. The molecule has 1 aromatic carbocycles. The molecule has 0 spiro atoms. The van der Waals surface area contributed by atoms with Crippen molar-refractivity contribution in [1.29, 1.82) is 0 Å². The number of thiophene rings is 1. The summed E-state index contributed by atoms with van der Waals surface area (Å²) < 4.78 is 28.7. The molecule has 2 aromatic heterocycles. The van der Waals surface area contributed by atoms with E-state index in [9.17, 15) is 13.2 Å². The first kappa shape index (κ1) is 20.9. The van der Waals surface area contributed by atoms with Gasteiger partial charge in [-0.05, 0) is 67.1 Å². The smallest absolute Gasteiger partial charge is 0.261 e. The van der Waals surface area contributed by atoms with Gasteiger partial charge in [-0.2, -0.15) is 0 Å². The molecule has 3 heterocycles. The zero-order valence-corrected chi connectivity index (χ0v) is 18.1. The van der Waals surface area contributed by atoms with Gasteiger partial charge in [-0.1, -0.05) is 12.1 Å². The molecule has 9 heteroatoms. The lowest BCUT2D eigenvalue weighted by atomic mass is 9.99. The van der Waals surface area contributed by atoms with Crippen LogP contribution in [0.1, 0.15) is 28.1 Å². The van der Waals surface area contributed by atoms with Gasteiger partial charge in [0.2, 0.25) is 10.0 Å². The highest BCUT2D eigenvalue weighted by atomic mass is 32.2. The molecule has 0 radical (unpaired) electrons. The molecular formula is C21H24N4O3S2. The van der Waals surface area contributed by atoms with Crippen molar-refractivity contribution in [3.63, 3.8) is 0 Å². The summed E-state index contributed by atoms with van der Waals surface area (Å²) in [6.45, 7) is 2.66. The first-order chi connectivity index (χ1) is 14.5. The number of aromatic nitrogens is 1. The standard InChI is InChI=1S/C21H24N4O3S2/c26-21(19-11-17-7-10-23-14-20(17)29-19)24-12-15-1-3-18(4-2-15)30(27,28)25-13-16-5-8-22-9-6-16/h1-4,7,10-11,14,16,22,25H,5-6,8-9,12-13H2,(H,24,26). The number of rotatable bonds is 7. The number of fused-ring (bicyclic) bond motifs is 1. The second-order valence-electron chi connectivity index (χ2n) is 7.40. The summed E-state index contributed by atoms with van der Waals surface area (Å²) in [6.07, 6.45) is 5.41. The van der Waals surface area contributed by atoms with E-state index in [2.05, 4.69) is 20.3 Å². The monoisotopic (exact) mass is 444 g/mol. The predicted octanol–water partition coefficient (Wildman–Crippen LogP) is 2.50. The Balaban J connectivity index is 1.33. The predicted molar refractivity (Wildman–Crippen MR) is 118 cm³/mol. The molecule has 1 amide bonds. The molecule has 1 fully saturated rings. The summed E-state index contributed by atoms with van der Waals surface area (Å²) in [7, 11) is -3.53. The topological polar surface area (TPSA) is 100 Å². The van der Waals surface area contributed by atoms with Crippen LogP contribution in [0, 0.1) is 5.92 Å². The number of nitrogens with zero attached hydrogens (tertiary/aromatic N) is 1. The highest BCUT2D eigenvalue weighted by Gasteiger charge is 2.18.